The van der Waals surface area contributed by atoms with Crippen molar-refractivity contribution in [3.05, 3.63) is 65.5 Å². The lowest BCUT2D eigenvalue weighted by atomic mass is 9.81. The molecular formula is C27H28N4O5. The average molecular weight is 489 g/mol. The number of imide groups is 1. The zero-order valence-electron chi connectivity index (χ0n) is 20.3. The largest absolute Gasteiger partial charge is 0.462 e. The Labute approximate surface area is 209 Å². The van der Waals surface area contributed by atoms with Gasteiger partial charge in [-0.2, -0.15) is 4.98 Å². The molecule has 0 N–H and O–H groups in total. The minimum absolute atomic E-state index is 0.0736. The highest BCUT2D eigenvalue weighted by Crippen LogP contribution is 2.38. The summed E-state index contributed by atoms with van der Waals surface area (Å²) in [5.41, 5.74) is 2.34. The molecule has 2 aliphatic rings. The second kappa shape index (κ2) is 9.93. The van der Waals surface area contributed by atoms with Gasteiger partial charge in [0.15, 0.2) is 0 Å². The molecule has 0 radical (unpaired) electrons. The van der Waals surface area contributed by atoms with E-state index in [4.69, 9.17) is 9.26 Å². The number of anilines is 1. The predicted molar refractivity (Wildman–Crippen MR) is 131 cm³/mol. The van der Waals surface area contributed by atoms with Crippen LogP contribution in [0.5, 0.6) is 0 Å². The summed E-state index contributed by atoms with van der Waals surface area (Å²) in [4.78, 5) is 47.3. The van der Waals surface area contributed by atoms with Crippen molar-refractivity contribution < 1.29 is 23.6 Å². The van der Waals surface area contributed by atoms with Crippen molar-refractivity contribution in [2.75, 3.05) is 11.5 Å². The summed E-state index contributed by atoms with van der Waals surface area (Å²) in [5, 5.41) is 4.09. The quantitative estimate of drug-likeness (QED) is 0.461. The summed E-state index contributed by atoms with van der Waals surface area (Å²) in [6, 6.07) is 13.5. The minimum Gasteiger partial charge on any atom is -0.462 e. The summed E-state index contributed by atoms with van der Waals surface area (Å²) >= 11 is 0. The number of hydrogen-bond acceptors (Lipinski definition) is 7. The number of amides is 3. The first kappa shape index (κ1) is 23.7. The molecule has 3 aromatic rings. The van der Waals surface area contributed by atoms with Gasteiger partial charge in [0.25, 0.3) is 0 Å². The highest BCUT2D eigenvalue weighted by Gasteiger charge is 2.48. The Morgan fingerprint density at radius 1 is 1.08 bits per heavy atom. The van der Waals surface area contributed by atoms with E-state index in [1.807, 2.05) is 31.2 Å². The molecule has 1 aliphatic heterocycles. The molecular weight excluding hydrogens is 460 g/mol. The van der Waals surface area contributed by atoms with Crippen molar-refractivity contribution in [3.8, 4) is 11.4 Å². The fraction of sp³-hybridized carbons (Fsp3) is 0.370. The number of benzene rings is 2. The number of urea groups is 1. The van der Waals surface area contributed by atoms with E-state index < -0.39 is 12.0 Å². The summed E-state index contributed by atoms with van der Waals surface area (Å²) in [5.74, 6) is -0.508. The predicted octanol–water partition coefficient (Wildman–Crippen LogP) is 4.75. The van der Waals surface area contributed by atoms with Crippen molar-refractivity contribution in [2.45, 2.75) is 52.1 Å². The molecule has 186 valence electrons. The van der Waals surface area contributed by atoms with Crippen molar-refractivity contribution in [1.29, 1.82) is 0 Å². The van der Waals surface area contributed by atoms with Gasteiger partial charge in [0.2, 0.25) is 17.6 Å². The average Bonchev–Trinajstić information content (AvgIpc) is 3.36. The lowest BCUT2D eigenvalue weighted by Crippen LogP contribution is -2.62. The number of hydrogen-bond donors (Lipinski definition) is 0. The maximum atomic E-state index is 13.8. The molecule has 3 amide bonds. The third kappa shape index (κ3) is 4.36. The fourth-order valence-electron chi connectivity index (χ4n) is 5.04. The van der Waals surface area contributed by atoms with Crippen LogP contribution in [0.4, 0.5) is 10.5 Å². The number of nitrogens with zero attached hydrogens (tertiary/aromatic N) is 4. The third-order valence-corrected chi connectivity index (χ3v) is 6.83. The van der Waals surface area contributed by atoms with Crippen LogP contribution in [0.1, 0.15) is 54.4 Å². The molecule has 9 nitrogen and oxygen atoms in total. The van der Waals surface area contributed by atoms with Crippen LogP contribution in [0.2, 0.25) is 0 Å². The lowest BCUT2D eigenvalue weighted by Gasteiger charge is -2.46. The van der Waals surface area contributed by atoms with E-state index in [0.717, 1.165) is 28.9 Å². The summed E-state index contributed by atoms with van der Waals surface area (Å²) < 4.78 is 10.7. The van der Waals surface area contributed by atoms with Crippen LogP contribution in [-0.2, 0) is 16.1 Å². The van der Waals surface area contributed by atoms with Gasteiger partial charge < -0.3 is 14.2 Å². The van der Waals surface area contributed by atoms with Crippen LogP contribution < -0.4 is 4.90 Å². The lowest BCUT2D eigenvalue weighted by molar-refractivity contribution is -0.127. The molecule has 1 saturated carbocycles. The number of carbonyl (C=O) groups is 3. The van der Waals surface area contributed by atoms with Gasteiger partial charge in [-0.15, -0.1) is 0 Å². The van der Waals surface area contributed by atoms with Gasteiger partial charge in [-0.1, -0.05) is 60.0 Å². The topological polar surface area (TPSA) is 106 Å². The molecule has 1 saturated heterocycles. The van der Waals surface area contributed by atoms with E-state index >= 15 is 0 Å². The van der Waals surface area contributed by atoms with E-state index in [1.165, 1.54) is 0 Å². The van der Waals surface area contributed by atoms with Crippen LogP contribution in [-0.4, -0.2) is 45.6 Å². The van der Waals surface area contributed by atoms with Gasteiger partial charge in [-0.05, 0) is 38.8 Å². The maximum Gasteiger partial charge on any atom is 0.340 e. The number of rotatable bonds is 6. The van der Waals surface area contributed by atoms with Crippen molar-refractivity contribution in [1.82, 2.24) is 15.0 Å². The molecule has 2 heterocycles. The van der Waals surface area contributed by atoms with E-state index in [1.54, 1.807) is 36.1 Å². The number of fused-ring (bicyclic) bond motifs is 1. The monoisotopic (exact) mass is 488 g/mol. The van der Waals surface area contributed by atoms with Crippen LogP contribution in [0, 0.1) is 12.8 Å². The molecule has 1 aliphatic carbocycles. The summed E-state index contributed by atoms with van der Waals surface area (Å²) in [7, 11) is 0. The fourth-order valence-corrected chi connectivity index (χ4v) is 5.04. The molecule has 2 fully saturated rings. The Hall–Kier alpha value is -4.01. The Balaban J connectivity index is 1.48. The van der Waals surface area contributed by atoms with Gasteiger partial charge in [0.05, 0.1) is 23.8 Å². The van der Waals surface area contributed by atoms with Crippen molar-refractivity contribution >= 4 is 23.6 Å². The highest BCUT2D eigenvalue weighted by molar-refractivity contribution is 6.19. The number of aryl methyl sites for hydroxylation is 1. The minimum atomic E-state index is -0.578. The first-order valence-corrected chi connectivity index (χ1v) is 12.3. The summed E-state index contributed by atoms with van der Waals surface area (Å²) in [6.07, 6.45) is 3.22. The zero-order valence-corrected chi connectivity index (χ0v) is 20.3. The Kier molecular flexibility index (Phi) is 6.54. The highest BCUT2D eigenvalue weighted by atomic mass is 16.5. The molecule has 2 atom stereocenters. The van der Waals surface area contributed by atoms with E-state index in [0.29, 0.717) is 18.7 Å². The van der Waals surface area contributed by atoms with Crippen LogP contribution in [0.15, 0.2) is 53.1 Å². The Morgan fingerprint density at radius 3 is 2.61 bits per heavy atom. The normalized spacial score (nSPS) is 19.8. The first-order valence-electron chi connectivity index (χ1n) is 12.3. The zero-order chi connectivity index (χ0) is 25.2. The standard InChI is InChI=1S/C27H28N4O5/c1-3-35-26(33)20-9-5-7-11-22(20)31-25(32)19-8-4-6-10-21(19)30(27(31)34)16-23-28-24(29-36-23)18-14-12-17(2)13-15-18/h5,7,9,11-15,19,21H,3-4,6,8,10,16H2,1-2H3. The Morgan fingerprint density at radius 2 is 1.83 bits per heavy atom. The van der Waals surface area contributed by atoms with Gasteiger partial charge in [-0.25, -0.2) is 14.5 Å². The first-order chi connectivity index (χ1) is 17.5. The Bertz CT molecular complexity index is 1290. The second-order valence-electron chi connectivity index (χ2n) is 9.16. The van der Waals surface area contributed by atoms with Crippen LogP contribution in [0.25, 0.3) is 11.4 Å². The molecule has 1 aromatic heterocycles. The van der Waals surface area contributed by atoms with E-state index in [9.17, 15) is 14.4 Å². The molecule has 0 spiro atoms. The number of carbonyl (C=O) groups excluding carboxylic acids is 3. The molecule has 0 bridgehead atoms. The smallest absolute Gasteiger partial charge is 0.340 e. The molecule has 5 rings (SSSR count). The number of esters is 1. The van der Waals surface area contributed by atoms with Crippen molar-refractivity contribution in [2.24, 2.45) is 5.92 Å². The second-order valence-corrected chi connectivity index (χ2v) is 9.16. The number of aromatic nitrogens is 2. The van der Waals surface area contributed by atoms with E-state index in [-0.39, 0.29) is 48.2 Å². The maximum absolute atomic E-state index is 13.8. The van der Waals surface area contributed by atoms with Crippen LogP contribution >= 0.6 is 0 Å². The molecule has 2 unspecified atom stereocenters. The summed E-state index contributed by atoms with van der Waals surface area (Å²) in [6.45, 7) is 3.97. The van der Waals surface area contributed by atoms with Gasteiger partial charge in [0.1, 0.15) is 6.54 Å². The van der Waals surface area contributed by atoms with Gasteiger partial charge in [0, 0.05) is 11.6 Å². The third-order valence-electron chi connectivity index (χ3n) is 6.83. The van der Waals surface area contributed by atoms with Gasteiger partial charge >= 0.3 is 12.0 Å². The molecule has 36 heavy (non-hydrogen) atoms. The number of ether oxygens (including phenoxy) is 1. The van der Waals surface area contributed by atoms with Crippen molar-refractivity contribution in [3.63, 3.8) is 0 Å². The SMILES string of the molecule is CCOC(=O)c1ccccc1N1C(=O)C2CCCCC2N(Cc2nc(-c3ccc(C)cc3)no2)C1=O. The molecule has 2 aromatic carbocycles. The van der Waals surface area contributed by atoms with Crippen LogP contribution in [0.3, 0.4) is 0 Å². The number of para-hydroxylation sites is 1. The van der Waals surface area contributed by atoms with Gasteiger partial charge in [-0.3, -0.25) is 4.79 Å². The molecule has 9 heteroatoms. The van der Waals surface area contributed by atoms with E-state index in [2.05, 4.69) is 10.1 Å².